The number of carbonyl (C=O) groups is 2. The Balaban J connectivity index is 3.15. The third-order valence-corrected chi connectivity index (χ3v) is 2.65. The summed E-state index contributed by atoms with van der Waals surface area (Å²) in [7, 11) is 0. The number of ether oxygens (including phenoxy) is 2. The zero-order valence-corrected chi connectivity index (χ0v) is 11.7. The fourth-order valence-electron chi connectivity index (χ4n) is 1.62. The van der Waals surface area contributed by atoms with Crippen molar-refractivity contribution in [1.29, 1.82) is 0 Å². The molecule has 0 saturated heterocycles. The summed E-state index contributed by atoms with van der Waals surface area (Å²) >= 11 is 0. The van der Waals surface area contributed by atoms with Crippen molar-refractivity contribution < 1.29 is 19.1 Å². The molecule has 0 radical (unpaired) electrons. The Morgan fingerprint density at radius 1 is 0.833 bits per heavy atom. The van der Waals surface area contributed by atoms with Gasteiger partial charge in [0.25, 0.3) is 0 Å². The summed E-state index contributed by atoms with van der Waals surface area (Å²) in [5, 5.41) is 0. The largest absolute Gasteiger partial charge is 0.463 e. The Bertz CT molecular complexity index is 226. The Kier molecular flexibility index (Phi) is 11.7. The lowest BCUT2D eigenvalue weighted by molar-refractivity contribution is -0.157. The molecule has 0 unspecified atom stereocenters. The fourth-order valence-corrected chi connectivity index (χ4v) is 1.62. The molecule has 0 aliphatic carbocycles. The SMILES string of the molecule is CCCCCCCCCCOC(=O)COC(C)=O. The Hall–Kier alpha value is -1.06. The predicted octanol–water partition coefficient (Wildman–Crippen LogP) is 3.23. The summed E-state index contributed by atoms with van der Waals surface area (Å²) in [5.74, 6) is -0.924. The minimum absolute atomic E-state index is 0.271. The summed E-state index contributed by atoms with van der Waals surface area (Å²) in [6, 6.07) is 0. The third kappa shape index (κ3) is 13.0. The van der Waals surface area contributed by atoms with Crippen LogP contribution in [0.2, 0.25) is 0 Å². The zero-order valence-electron chi connectivity index (χ0n) is 11.7. The maximum absolute atomic E-state index is 11.1. The molecule has 0 amide bonds. The van der Waals surface area contributed by atoms with E-state index in [1.807, 2.05) is 0 Å². The van der Waals surface area contributed by atoms with Crippen LogP contribution in [0.15, 0.2) is 0 Å². The average Bonchev–Trinajstić information content (AvgIpc) is 2.34. The van der Waals surface area contributed by atoms with E-state index in [2.05, 4.69) is 11.7 Å². The molecule has 0 N–H and O–H groups in total. The van der Waals surface area contributed by atoms with E-state index in [0.717, 1.165) is 12.8 Å². The molecule has 0 aliphatic heterocycles. The van der Waals surface area contributed by atoms with Crippen molar-refractivity contribution in [2.75, 3.05) is 13.2 Å². The van der Waals surface area contributed by atoms with Gasteiger partial charge in [-0.05, 0) is 6.42 Å². The van der Waals surface area contributed by atoms with E-state index in [-0.39, 0.29) is 6.61 Å². The molecule has 0 atom stereocenters. The van der Waals surface area contributed by atoms with Crippen LogP contribution in [0.1, 0.15) is 65.2 Å². The first kappa shape index (κ1) is 16.9. The second-order valence-electron chi connectivity index (χ2n) is 4.48. The van der Waals surface area contributed by atoms with Crippen LogP contribution < -0.4 is 0 Å². The molecular weight excluding hydrogens is 232 g/mol. The van der Waals surface area contributed by atoms with Gasteiger partial charge in [0.1, 0.15) is 0 Å². The van der Waals surface area contributed by atoms with Crippen LogP contribution in [-0.2, 0) is 19.1 Å². The number of hydrogen-bond acceptors (Lipinski definition) is 4. The number of unbranched alkanes of at least 4 members (excludes halogenated alkanes) is 7. The lowest BCUT2D eigenvalue weighted by Gasteiger charge is -2.05. The van der Waals surface area contributed by atoms with E-state index in [4.69, 9.17) is 4.74 Å². The van der Waals surface area contributed by atoms with Crippen molar-refractivity contribution in [3.63, 3.8) is 0 Å². The second-order valence-corrected chi connectivity index (χ2v) is 4.48. The van der Waals surface area contributed by atoms with E-state index < -0.39 is 11.9 Å². The van der Waals surface area contributed by atoms with Crippen LogP contribution in [0.5, 0.6) is 0 Å². The first-order valence-corrected chi connectivity index (χ1v) is 6.95. The van der Waals surface area contributed by atoms with Crippen molar-refractivity contribution >= 4 is 11.9 Å². The van der Waals surface area contributed by atoms with Crippen LogP contribution in [0, 0.1) is 0 Å². The maximum atomic E-state index is 11.1. The minimum atomic E-state index is -0.465. The molecule has 0 aliphatic rings. The molecule has 0 bridgehead atoms. The average molecular weight is 258 g/mol. The highest BCUT2D eigenvalue weighted by Crippen LogP contribution is 2.08. The fraction of sp³-hybridized carbons (Fsp3) is 0.857. The topological polar surface area (TPSA) is 52.6 Å². The normalized spacial score (nSPS) is 10.1. The first-order valence-electron chi connectivity index (χ1n) is 6.95. The van der Waals surface area contributed by atoms with Gasteiger partial charge in [-0.15, -0.1) is 0 Å². The van der Waals surface area contributed by atoms with Gasteiger partial charge in [-0.2, -0.15) is 0 Å². The lowest BCUT2D eigenvalue weighted by atomic mass is 10.1. The van der Waals surface area contributed by atoms with Crippen LogP contribution in [0.3, 0.4) is 0 Å². The molecule has 106 valence electrons. The van der Waals surface area contributed by atoms with E-state index in [1.165, 1.54) is 45.4 Å². The van der Waals surface area contributed by atoms with Crippen molar-refractivity contribution in [3.8, 4) is 0 Å². The van der Waals surface area contributed by atoms with E-state index in [9.17, 15) is 9.59 Å². The summed E-state index contributed by atoms with van der Waals surface area (Å²) < 4.78 is 9.44. The van der Waals surface area contributed by atoms with E-state index in [1.54, 1.807) is 0 Å². The van der Waals surface area contributed by atoms with E-state index in [0.29, 0.717) is 6.61 Å². The Labute approximate surface area is 110 Å². The summed E-state index contributed by atoms with van der Waals surface area (Å²) in [4.78, 5) is 21.5. The van der Waals surface area contributed by atoms with Crippen LogP contribution in [0.4, 0.5) is 0 Å². The quantitative estimate of drug-likeness (QED) is 0.422. The number of esters is 2. The molecule has 0 fully saturated rings. The van der Waals surface area contributed by atoms with Gasteiger partial charge in [0.2, 0.25) is 0 Å². The van der Waals surface area contributed by atoms with Crippen molar-refractivity contribution in [2.24, 2.45) is 0 Å². The Morgan fingerprint density at radius 2 is 1.39 bits per heavy atom. The third-order valence-electron chi connectivity index (χ3n) is 2.65. The molecule has 0 aromatic rings. The van der Waals surface area contributed by atoms with Crippen molar-refractivity contribution in [2.45, 2.75) is 65.2 Å². The van der Waals surface area contributed by atoms with Crippen molar-refractivity contribution in [3.05, 3.63) is 0 Å². The number of hydrogen-bond donors (Lipinski definition) is 0. The molecule has 18 heavy (non-hydrogen) atoms. The van der Waals surface area contributed by atoms with Gasteiger partial charge >= 0.3 is 11.9 Å². The summed E-state index contributed by atoms with van der Waals surface area (Å²) in [6.45, 7) is 3.64. The highest BCUT2D eigenvalue weighted by molar-refractivity contribution is 5.75. The van der Waals surface area contributed by atoms with Crippen LogP contribution >= 0.6 is 0 Å². The minimum Gasteiger partial charge on any atom is -0.463 e. The van der Waals surface area contributed by atoms with Crippen molar-refractivity contribution in [1.82, 2.24) is 0 Å². The molecule has 0 heterocycles. The molecule has 4 heteroatoms. The molecular formula is C14H26O4. The van der Waals surface area contributed by atoms with Gasteiger partial charge in [0.15, 0.2) is 6.61 Å². The standard InChI is InChI=1S/C14H26O4/c1-3-4-5-6-7-8-9-10-11-17-14(16)12-18-13(2)15/h3-12H2,1-2H3. The Morgan fingerprint density at radius 3 is 1.94 bits per heavy atom. The van der Waals surface area contributed by atoms with Gasteiger partial charge in [-0.25, -0.2) is 4.79 Å². The highest BCUT2D eigenvalue weighted by atomic mass is 16.6. The van der Waals surface area contributed by atoms with Crippen LogP contribution in [-0.4, -0.2) is 25.2 Å². The summed E-state index contributed by atoms with van der Waals surface area (Å²) in [6.07, 6.45) is 9.68. The van der Waals surface area contributed by atoms with Gasteiger partial charge in [0.05, 0.1) is 6.61 Å². The van der Waals surface area contributed by atoms with Gasteiger partial charge in [0, 0.05) is 6.92 Å². The first-order chi connectivity index (χ1) is 8.66. The molecule has 0 rings (SSSR count). The number of rotatable bonds is 11. The molecule has 4 nitrogen and oxygen atoms in total. The summed E-state index contributed by atoms with van der Waals surface area (Å²) in [5.41, 5.74) is 0. The monoisotopic (exact) mass is 258 g/mol. The predicted molar refractivity (Wildman–Crippen MR) is 70.2 cm³/mol. The van der Waals surface area contributed by atoms with Crippen LogP contribution in [0.25, 0.3) is 0 Å². The molecule has 0 spiro atoms. The molecule has 0 aromatic heterocycles. The molecule has 0 aromatic carbocycles. The smallest absolute Gasteiger partial charge is 0.344 e. The zero-order chi connectivity index (χ0) is 13.6. The lowest BCUT2D eigenvalue weighted by Crippen LogP contribution is -2.15. The highest BCUT2D eigenvalue weighted by Gasteiger charge is 2.04. The second kappa shape index (κ2) is 12.4. The van der Waals surface area contributed by atoms with Gasteiger partial charge < -0.3 is 9.47 Å². The number of carbonyl (C=O) groups excluding carboxylic acids is 2. The van der Waals surface area contributed by atoms with Gasteiger partial charge in [-0.1, -0.05) is 51.9 Å². The van der Waals surface area contributed by atoms with Gasteiger partial charge in [-0.3, -0.25) is 4.79 Å². The van der Waals surface area contributed by atoms with E-state index >= 15 is 0 Å². The maximum Gasteiger partial charge on any atom is 0.344 e. The molecule has 0 saturated carbocycles.